The monoisotopic (exact) mass is 210 g/mol. The second-order valence-corrected chi connectivity index (χ2v) is 3.36. The second-order valence-electron chi connectivity index (χ2n) is 3.36. The highest BCUT2D eigenvalue weighted by molar-refractivity contribution is 5.99. The smallest absolute Gasteiger partial charge is 0.194 e. The Hall–Kier alpha value is -1.22. The average molecular weight is 210 g/mol. The van der Waals surface area contributed by atoms with Crippen LogP contribution in [0.1, 0.15) is 30.1 Å². The summed E-state index contributed by atoms with van der Waals surface area (Å²) < 4.78 is 18.3. The highest BCUT2D eigenvalue weighted by atomic mass is 19.1. The molecule has 1 atom stereocenters. The first-order valence-corrected chi connectivity index (χ1v) is 5.02. The molecule has 1 unspecified atom stereocenters. The second kappa shape index (κ2) is 5.61. The van der Waals surface area contributed by atoms with Crippen LogP contribution in [0.2, 0.25) is 0 Å². The number of carbonyl (C=O) groups is 1. The lowest BCUT2D eigenvalue weighted by Crippen LogP contribution is -2.23. The van der Waals surface area contributed by atoms with Crippen LogP contribution in [0.4, 0.5) is 4.39 Å². The van der Waals surface area contributed by atoms with Crippen LogP contribution in [0.5, 0.6) is 0 Å². The number of Topliss-reactive ketones (excluding diaryl/α,β-unsaturated/α-hetero) is 1. The standard InChI is InChI=1S/C12H15FO2/c1-3-6-11(15-2)12(14)9-7-4-5-8-10(9)13/h4-5,7-8,11H,3,6H2,1-2H3. The highest BCUT2D eigenvalue weighted by Crippen LogP contribution is 2.13. The zero-order valence-corrected chi connectivity index (χ0v) is 9.00. The van der Waals surface area contributed by atoms with Crippen molar-refractivity contribution in [2.45, 2.75) is 25.9 Å². The molecule has 0 saturated carbocycles. The summed E-state index contributed by atoms with van der Waals surface area (Å²) in [5.41, 5.74) is 0.109. The van der Waals surface area contributed by atoms with Crippen molar-refractivity contribution in [1.29, 1.82) is 0 Å². The minimum Gasteiger partial charge on any atom is -0.373 e. The molecular weight excluding hydrogens is 195 g/mol. The number of methoxy groups -OCH3 is 1. The van der Waals surface area contributed by atoms with Gasteiger partial charge in [0.15, 0.2) is 5.78 Å². The van der Waals surface area contributed by atoms with Gasteiger partial charge in [-0.3, -0.25) is 4.79 Å². The number of hydrogen-bond donors (Lipinski definition) is 0. The van der Waals surface area contributed by atoms with Crippen LogP contribution in [0.3, 0.4) is 0 Å². The topological polar surface area (TPSA) is 26.3 Å². The van der Waals surface area contributed by atoms with Gasteiger partial charge in [0.2, 0.25) is 0 Å². The number of rotatable bonds is 5. The van der Waals surface area contributed by atoms with E-state index in [1.54, 1.807) is 12.1 Å². The van der Waals surface area contributed by atoms with E-state index in [0.29, 0.717) is 6.42 Å². The fraction of sp³-hybridized carbons (Fsp3) is 0.417. The minimum atomic E-state index is -0.535. The first-order valence-electron chi connectivity index (χ1n) is 5.02. The zero-order valence-electron chi connectivity index (χ0n) is 9.00. The number of ketones is 1. The molecule has 1 aromatic carbocycles. The van der Waals surface area contributed by atoms with Crippen molar-refractivity contribution < 1.29 is 13.9 Å². The quantitative estimate of drug-likeness (QED) is 0.698. The molecule has 0 spiro atoms. The molecule has 0 aliphatic carbocycles. The SMILES string of the molecule is CCCC(OC)C(=O)c1ccccc1F. The first-order chi connectivity index (χ1) is 7.20. The molecule has 0 saturated heterocycles. The van der Waals surface area contributed by atoms with Gasteiger partial charge in [-0.1, -0.05) is 25.5 Å². The summed E-state index contributed by atoms with van der Waals surface area (Å²) in [6.07, 6.45) is 0.912. The van der Waals surface area contributed by atoms with E-state index in [1.807, 2.05) is 6.92 Å². The summed E-state index contributed by atoms with van der Waals surface area (Å²) in [4.78, 5) is 11.8. The van der Waals surface area contributed by atoms with Crippen LogP contribution in [-0.4, -0.2) is 19.0 Å². The van der Waals surface area contributed by atoms with E-state index >= 15 is 0 Å². The Morgan fingerprint density at radius 3 is 2.67 bits per heavy atom. The van der Waals surface area contributed by atoms with E-state index in [1.165, 1.54) is 19.2 Å². The molecule has 2 nitrogen and oxygen atoms in total. The van der Waals surface area contributed by atoms with Crippen molar-refractivity contribution in [3.05, 3.63) is 35.6 Å². The molecule has 15 heavy (non-hydrogen) atoms. The molecule has 0 fully saturated rings. The van der Waals surface area contributed by atoms with Gasteiger partial charge in [0.05, 0.1) is 5.56 Å². The van der Waals surface area contributed by atoms with Gasteiger partial charge in [0.1, 0.15) is 11.9 Å². The van der Waals surface area contributed by atoms with Crippen LogP contribution in [-0.2, 0) is 4.74 Å². The lowest BCUT2D eigenvalue weighted by Gasteiger charge is -2.13. The highest BCUT2D eigenvalue weighted by Gasteiger charge is 2.20. The normalized spacial score (nSPS) is 12.5. The van der Waals surface area contributed by atoms with E-state index in [0.717, 1.165) is 6.42 Å². The number of halogens is 1. The third-order valence-corrected chi connectivity index (χ3v) is 2.27. The molecule has 3 heteroatoms. The number of carbonyl (C=O) groups excluding carboxylic acids is 1. The van der Waals surface area contributed by atoms with Gasteiger partial charge in [-0.05, 0) is 18.6 Å². The van der Waals surface area contributed by atoms with Gasteiger partial charge in [0, 0.05) is 7.11 Å². The molecule has 0 N–H and O–H groups in total. The van der Waals surface area contributed by atoms with Crippen molar-refractivity contribution in [2.24, 2.45) is 0 Å². The zero-order chi connectivity index (χ0) is 11.3. The van der Waals surface area contributed by atoms with Gasteiger partial charge in [-0.2, -0.15) is 0 Å². The Morgan fingerprint density at radius 1 is 1.47 bits per heavy atom. The van der Waals surface area contributed by atoms with Crippen molar-refractivity contribution >= 4 is 5.78 Å². The maximum absolute atomic E-state index is 13.3. The predicted octanol–water partition coefficient (Wildman–Crippen LogP) is 2.82. The van der Waals surface area contributed by atoms with Gasteiger partial charge >= 0.3 is 0 Å². The van der Waals surface area contributed by atoms with Crippen LogP contribution < -0.4 is 0 Å². The Bertz CT molecular complexity index is 336. The molecule has 1 rings (SSSR count). The summed E-state index contributed by atoms with van der Waals surface area (Å²) in [5, 5.41) is 0. The van der Waals surface area contributed by atoms with Gasteiger partial charge in [0.25, 0.3) is 0 Å². The summed E-state index contributed by atoms with van der Waals surface area (Å²) in [6.45, 7) is 1.96. The molecule has 1 aromatic rings. The predicted molar refractivity (Wildman–Crippen MR) is 56.4 cm³/mol. The summed E-state index contributed by atoms with van der Waals surface area (Å²) in [5.74, 6) is -0.766. The van der Waals surface area contributed by atoms with Crippen molar-refractivity contribution in [1.82, 2.24) is 0 Å². The third kappa shape index (κ3) is 2.86. The molecular formula is C12H15FO2. The van der Waals surface area contributed by atoms with Crippen LogP contribution in [0, 0.1) is 5.82 Å². The van der Waals surface area contributed by atoms with E-state index in [-0.39, 0.29) is 11.3 Å². The molecule has 0 radical (unpaired) electrons. The Labute approximate surface area is 89.1 Å². The van der Waals surface area contributed by atoms with Crippen molar-refractivity contribution in [3.8, 4) is 0 Å². The maximum atomic E-state index is 13.3. The molecule has 0 aliphatic rings. The Balaban J connectivity index is 2.88. The van der Waals surface area contributed by atoms with E-state index < -0.39 is 11.9 Å². The fourth-order valence-electron chi connectivity index (χ4n) is 1.45. The molecule has 0 aliphatic heterocycles. The largest absolute Gasteiger partial charge is 0.373 e. The summed E-state index contributed by atoms with van der Waals surface area (Å²) in [7, 11) is 1.47. The fourth-order valence-corrected chi connectivity index (χ4v) is 1.45. The first kappa shape index (κ1) is 11.9. The molecule has 0 aromatic heterocycles. The van der Waals surface area contributed by atoms with Crippen LogP contribution in [0.25, 0.3) is 0 Å². The van der Waals surface area contributed by atoms with Crippen LogP contribution >= 0.6 is 0 Å². The van der Waals surface area contributed by atoms with E-state index in [9.17, 15) is 9.18 Å². The Kier molecular flexibility index (Phi) is 4.43. The lowest BCUT2D eigenvalue weighted by atomic mass is 10.0. The molecule has 0 heterocycles. The average Bonchev–Trinajstić information content (AvgIpc) is 2.25. The van der Waals surface area contributed by atoms with E-state index in [2.05, 4.69) is 0 Å². The summed E-state index contributed by atoms with van der Waals surface area (Å²) >= 11 is 0. The number of ether oxygens (including phenoxy) is 1. The van der Waals surface area contributed by atoms with Gasteiger partial charge in [-0.15, -0.1) is 0 Å². The van der Waals surface area contributed by atoms with E-state index in [4.69, 9.17) is 4.74 Å². The summed E-state index contributed by atoms with van der Waals surface area (Å²) in [6, 6.07) is 5.98. The third-order valence-electron chi connectivity index (χ3n) is 2.27. The number of hydrogen-bond acceptors (Lipinski definition) is 2. The van der Waals surface area contributed by atoms with Gasteiger partial charge in [-0.25, -0.2) is 4.39 Å². The number of benzene rings is 1. The van der Waals surface area contributed by atoms with Crippen molar-refractivity contribution in [2.75, 3.05) is 7.11 Å². The molecule has 0 amide bonds. The lowest BCUT2D eigenvalue weighted by molar-refractivity contribution is 0.0574. The molecule has 0 bridgehead atoms. The van der Waals surface area contributed by atoms with Crippen LogP contribution in [0.15, 0.2) is 24.3 Å². The maximum Gasteiger partial charge on any atom is 0.194 e. The minimum absolute atomic E-state index is 0.109. The van der Waals surface area contributed by atoms with Crippen molar-refractivity contribution in [3.63, 3.8) is 0 Å². The Morgan fingerprint density at radius 2 is 2.13 bits per heavy atom. The van der Waals surface area contributed by atoms with Gasteiger partial charge < -0.3 is 4.74 Å². The molecule has 82 valence electrons.